The third kappa shape index (κ3) is 5.33. The molecule has 1 heterocycles. The fourth-order valence-electron chi connectivity index (χ4n) is 1.55. The largest absolute Gasteiger partial charge is 0.467 e. The van der Waals surface area contributed by atoms with E-state index in [0.717, 1.165) is 0 Å². The van der Waals surface area contributed by atoms with Gasteiger partial charge in [-0.15, -0.1) is 0 Å². The van der Waals surface area contributed by atoms with E-state index >= 15 is 0 Å². The van der Waals surface area contributed by atoms with Gasteiger partial charge in [0.05, 0.1) is 18.4 Å². The van der Waals surface area contributed by atoms with Crippen molar-refractivity contribution in [2.24, 2.45) is 0 Å². The predicted molar refractivity (Wildman–Crippen MR) is 76.6 cm³/mol. The molecule has 1 aromatic heterocycles. The first kappa shape index (κ1) is 16.8. The van der Waals surface area contributed by atoms with Gasteiger partial charge in [0.15, 0.2) is 0 Å². The Balaban J connectivity index is 2.87. The summed E-state index contributed by atoms with van der Waals surface area (Å²) in [4.78, 5) is 23.7. The lowest BCUT2D eigenvalue weighted by atomic mass is 10.1. The van der Waals surface area contributed by atoms with Gasteiger partial charge in [-0.05, 0) is 39.8 Å². The number of amides is 1. The van der Waals surface area contributed by atoms with Crippen LogP contribution >= 0.6 is 0 Å². The van der Waals surface area contributed by atoms with Crippen LogP contribution in [0.5, 0.6) is 0 Å². The van der Waals surface area contributed by atoms with Crippen LogP contribution in [0.25, 0.3) is 0 Å². The van der Waals surface area contributed by atoms with Crippen molar-refractivity contribution < 1.29 is 23.5 Å². The van der Waals surface area contributed by atoms with Gasteiger partial charge in [0.2, 0.25) is 0 Å². The summed E-state index contributed by atoms with van der Waals surface area (Å²) in [5.41, 5.74) is -0.582. The van der Waals surface area contributed by atoms with Crippen LogP contribution in [0.4, 0.5) is 4.79 Å². The molecule has 0 aliphatic rings. The number of alkyl carbamates (subject to hydrolysis) is 1. The van der Waals surface area contributed by atoms with Crippen molar-refractivity contribution in [2.45, 2.75) is 39.3 Å². The first-order chi connectivity index (χ1) is 9.74. The Morgan fingerprint density at radius 3 is 2.57 bits per heavy atom. The van der Waals surface area contributed by atoms with E-state index in [1.54, 1.807) is 39.8 Å². The van der Waals surface area contributed by atoms with Crippen LogP contribution in [0.2, 0.25) is 0 Å². The monoisotopic (exact) mass is 295 g/mol. The number of nitrogens with one attached hydrogen (secondary N) is 1. The minimum Gasteiger partial charge on any atom is -0.467 e. The SMILES string of the molecule is C=C(C(=O)OCC)C(NC(=O)OC(C)(C)C)c1ccco1. The molecule has 116 valence electrons. The normalized spacial score (nSPS) is 12.4. The third-order valence-corrected chi connectivity index (χ3v) is 2.37. The number of hydrogen-bond donors (Lipinski definition) is 1. The van der Waals surface area contributed by atoms with Gasteiger partial charge in [0, 0.05) is 0 Å². The van der Waals surface area contributed by atoms with Gasteiger partial charge in [-0.1, -0.05) is 6.58 Å². The summed E-state index contributed by atoms with van der Waals surface area (Å²) >= 11 is 0. The standard InChI is InChI=1S/C15H21NO5/c1-6-19-13(17)10(2)12(11-8-7-9-20-11)16-14(18)21-15(3,4)5/h7-9,12H,2,6H2,1,3-5H3,(H,16,18). The summed E-state index contributed by atoms with van der Waals surface area (Å²) in [6.07, 6.45) is 0.770. The maximum atomic E-state index is 11.9. The molecule has 0 aliphatic carbocycles. The number of carbonyl (C=O) groups excluding carboxylic acids is 2. The zero-order valence-corrected chi connectivity index (χ0v) is 12.8. The van der Waals surface area contributed by atoms with Crippen LogP contribution in [0.15, 0.2) is 35.0 Å². The molecule has 0 saturated carbocycles. The van der Waals surface area contributed by atoms with Gasteiger partial charge in [-0.2, -0.15) is 0 Å². The number of esters is 1. The van der Waals surface area contributed by atoms with Gasteiger partial charge in [-0.25, -0.2) is 9.59 Å². The topological polar surface area (TPSA) is 77.8 Å². The summed E-state index contributed by atoms with van der Waals surface area (Å²) in [6, 6.07) is 2.44. The van der Waals surface area contributed by atoms with Crippen molar-refractivity contribution >= 4 is 12.1 Å². The highest BCUT2D eigenvalue weighted by molar-refractivity contribution is 5.90. The fourth-order valence-corrected chi connectivity index (χ4v) is 1.55. The molecule has 1 unspecified atom stereocenters. The van der Waals surface area contributed by atoms with Crippen molar-refractivity contribution in [3.05, 3.63) is 36.3 Å². The van der Waals surface area contributed by atoms with Crippen molar-refractivity contribution in [1.29, 1.82) is 0 Å². The second-order valence-electron chi connectivity index (χ2n) is 5.34. The zero-order valence-electron chi connectivity index (χ0n) is 12.8. The van der Waals surface area contributed by atoms with E-state index in [1.807, 2.05) is 0 Å². The molecular formula is C15H21NO5. The van der Waals surface area contributed by atoms with Crippen molar-refractivity contribution in [1.82, 2.24) is 5.32 Å². The molecule has 1 atom stereocenters. The lowest BCUT2D eigenvalue weighted by Gasteiger charge is -2.23. The van der Waals surface area contributed by atoms with Gasteiger partial charge in [0.1, 0.15) is 17.4 Å². The maximum Gasteiger partial charge on any atom is 0.408 e. The summed E-state index contributed by atoms with van der Waals surface area (Å²) in [5, 5.41) is 2.56. The summed E-state index contributed by atoms with van der Waals surface area (Å²) in [7, 11) is 0. The molecule has 0 radical (unpaired) electrons. The average molecular weight is 295 g/mol. The average Bonchev–Trinajstić information content (AvgIpc) is 2.86. The number of hydrogen-bond acceptors (Lipinski definition) is 5. The lowest BCUT2D eigenvalue weighted by molar-refractivity contribution is -0.138. The fraction of sp³-hybridized carbons (Fsp3) is 0.467. The van der Waals surface area contributed by atoms with Crippen molar-refractivity contribution in [3.63, 3.8) is 0 Å². The maximum absolute atomic E-state index is 11.9. The molecule has 6 heteroatoms. The van der Waals surface area contributed by atoms with E-state index in [4.69, 9.17) is 13.9 Å². The number of carbonyl (C=O) groups is 2. The molecular weight excluding hydrogens is 274 g/mol. The summed E-state index contributed by atoms with van der Waals surface area (Å²) in [6.45, 7) is 10.8. The minimum atomic E-state index is -0.839. The third-order valence-electron chi connectivity index (χ3n) is 2.37. The molecule has 0 spiro atoms. The van der Waals surface area contributed by atoms with Crippen LogP contribution in [0.3, 0.4) is 0 Å². The highest BCUT2D eigenvalue weighted by Gasteiger charge is 2.28. The van der Waals surface area contributed by atoms with Gasteiger partial charge in [0.25, 0.3) is 0 Å². The quantitative estimate of drug-likeness (QED) is 0.667. The predicted octanol–water partition coefficient (Wildman–Crippen LogP) is 2.96. The van der Waals surface area contributed by atoms with Crippen molar-refractivity contribution in [2.75, 3.05) is 6.61 Å². The van der Waals surface area contributed by atoms with Crippen LogP contribution in [-0.2, 0) is 14.3 Å². The molecule has 1 rings (SSSR count). The van der Waals surface area contributed by atoms with Gasteiger partial charge < -0.3 is 19.2 Å². The number of furan rings is 1. The van der Waals surface area contributed by atoms with Crippen LogP contribution < -0.4 is 5.32 Å². The Hall–Kier alpha value is -2.24. The van der Waals surface area contributed by atoms with E-state index in [1.165, 1.54) is 6.26 Å². The molecule has 0 saturated heterocycles. The van der Waals surface area contributed by atoms with Crippen LogP contribution in [0, 0.1) is 0 Å². The van der Waals surface area contributed by atoms with E-state index in [-0.39, 0.29) is 12.2 Å². The molecule has 0 bridgehead atoms. The molecule has 0 aromatic carbocycles. The summed E-state index contributed by atoms with van der Waals surface area (Å²) < 4.78 is 15.3. The van der Waals surface area contributed by atoms with E-state index in [2.05, 4.69) is 11.9 Å². The Morgan fingerprint density at radius 2 is 2.10 bits per heavy atom. The molecule has 1 aromatic rings. The molecule has 1 amide bonds. The van der Waals surface area contributed by atoms with Crippen molar-refractivity contribution in [3.8, 4) is 0 Å². The molecule has 0 fully saturated rings. The highest BCUT2D eigenvalue weighted by atomic mass is 16.6. The molecule has 0 aliphatic heterocycles. The number of rotatable bonds is 5. The Kier molecular flexibility index (Phi) is 5.58. The van der Waals surface area contributed by atoms with Gasteiger partial charge in [-0.3, -0.25) is 0 Å². The second kappa shape index (κ2) is 6.97. The van der Waals surface area contributed by atoms with Gasteiger partial charge >= 0.3 is 12.1 Å². The lowest BCUT2D eigenvalue weighted by Crippen LogP contribution is -2.36. The highest BCUT2D eigenvalue weighted by Crippen LogP contribution is 2.23. The smallest absolute Gasteiger partial charge is 0.408 e. The Bertz CT molecular complexity index is 499. The zero-order chi connectivity index (χ0) is 16.0. The minimum absolute atomic E-state index is 0.0673. The first-order valence-corrected chi connectivity index (χ1v) is 6.63. The van der Waals surface area contributed by atoms with E-state index < -0.39 is 23.7 Å². The van der Waals surface area contributed by atoms with E-state index in [0.29, 0.717) is 5.76 Å². The number of ether oxygens (including phenoxy) is 2. The summed E-state index contributed by atoms with van der Waals surface area (Å²) in [5.74, 6) is -0.228. The van der Waals surface area contributed by atoms with Crippen LogP contribution in [0.1, 0.15) is 39.5 Å². The van der Waals surface area contributed by atoms with E-state index in [9.17, 15) is 9.59 Å². The molecule has 6 nitrogen and oxygen atoms in total. The Morgan fingerprint density at radius 1 is 1.43 bits per heavy atom. The van der Waals surface area contributed by atoms with Crippen LogP contribution in [-0.4, -0.2) is 24.3 Å². The molecule has 1 N–H and O–H groups in total. The second-order valence-corrected chi connectivity index (χ2v) is 5.34. The Labute approximate surface area is 124 Å². The molecule has 21 heavy (non-hydrogen) atoms. The first-order valence-electron chi connectivity index (χ1n) is 6.63.